The Morgan fingerprint density at radius 3 is 2.87 bits per heavy atom. The SMILES string of the molecule is CCOC(=O)C1=CCCC[C@H]1S(=O)(=O)Nc1ccc(F)cc1Cl. The molecular weight excluding hydrogens is 345 g/mol. The average Bonchev–Trinajstić information content (AvgIpc) is 2.50. The molecule has 0 fully saturated rings. The Hall–Kier alpha value is -1.60. The molecule has 23 heavy (non-hydrogen) atoms. The van der Waals surface area contributed by atoms with Gasteiger partial charge in [-0.25, -0.2) is 17.6 Å². The third kappa shape index (κ3) is 4.23. The number of carbonyl (C=O) groups is 1. The number of allylic oxidation sites excluding steroid dienone is 1. The lowest BCUT2D eigenvalue weighted by Gasteiger charge is -2.24. The van der Waals surface area contributed by atoms with Crippen LogP contribution in [0, 0.1) is 5.82 Å². The van der Waals surface area contributed by atoms with Crippen molar-refractivity contribution in [1.29, 1.82) is 0 Å². The maximum absolute atomic E-state index is 13.1. The average molecular weight is 362 g/mol. The van der Waals surface area contributed by atoms with E-state index in [1.807, 2.05) is 0 Å². The second-order valence-electron chi connectivity index (χ2n) is 5.07. The normalized spacial score (nSPS) is 18.2. The number of hydrogen-bond donors (Lipinski definition) is 1. The number of esters is 1. The van der Waals surface area contributed by atoms with E-state index in [4.69, 9.17) is 16.3 Å². The van der Waals surface area contributed by atoms with Crippen LogP contribution in [0.4, 0.5) is 10.1 Å². The predicted octanol–water partition coefficient (Wildman–Crippen LogP) is 3.26. The van der Waals surface area contributed by atoms with Crippen molar-refractivity contribution in [3.63, 3.8) is 0 Å². The van der Waals surface area contributed by atoms with E-state index in [-0.39, 0.29) is 22.9 Å². The summed E-state index contributed by atoms with van der Waals surface area (Å²) in [6.07, 6.45) is 3.17. The van der Waals surface area contributed by atoms with Crippen LogP contribution < -0.4 is 4.72 Å². The van der Waals surface area contributed by atoms with Crippen molar-refractivity contribution >= 4 is 33.3 Å². The molecule has 0 radical (unpaired) electrons. The number of nitrogens with one attached hydrogen (secondary N) is 1. The molecule has 1 N–H and O–H groups in total. The Bertz CT molecular complexity index is 733. The van der Waals surface area contributed by atoms with Gasteiger partial charge in [-0.05, 0) is 44.4 Å². The molecule has 0 spiro atoms. The van der Waals surface area contributed by atoms with E-state index in [1.165, 1.54) is 6.07 Å². The number of rotatable bonds is 5. The molecule has 0 unspecified atom stereocenters. The van der Waals surface area contributed by atoms with Crippen LogP contribution in [0.5, 0.6) is 0 Å². The van der Waals surface area contributed by atoms with E-state index in [2.05, 4.69) is 4.72 Å². The lowest BCUT2D eigenvalue weighted by atomic mass is 9.99. The zero-order valence-corrected chi connectivity index (χ0v) is 14.1. The molecule has 0 amide bonds. The number of hydrogen-bond acceptors (Lipinski definition) is 4. The van der Waals surface area contributed by atoms with Gasteiger partial charge >= 0.3 is 5.97 Å². The van der Waals surface area contributed by atoms with Gasteiger partial charge in [-0.1, -0.05) is 17.7 Å². The van der Waals surface area contributed by atoms with Crippen molar-refractivity contribution in [2.75, 3.05) is 11.3 Å². The van der Waals surface area contributed by atoms with E-state index in [0.29, 0.717) is 19.3 Å². The number of carbonyl (C=O) groups excluding carboxylic acids is 1. The number of halogens is 2. The fourth-order valence-corrected chi connectivity index (χ4v) is 4.30. The van der Waals surface area contributed by atoms with Gasteiger partial charge in [0.05, 0.1) is 22.9 Å². The highest BCUT2D eigenvalue weighted by atomic mass is 35.5. The Balaban J connectivity index is 2.28. The summed E-state index contributed by atoms with van der Waals surface area (Å²) in [7, 11) is -3.91. The molecule has 1 aliphatic rings. The van der Waals surface area contributed by atoms with Crippen molar-refractivity contribution in [3.05, 3.63) is 40.7 Å². The van der Waals surface area contributed by atoms with E-state index >= 15 is 0 Å². The van der Waals surface area contributed by atoms with Gasteiger partial charge in [0.1, 0.15) is 11.1 Å². The summed E-state index contributed by atoms with van der Waals surface area (Å²) in [6, 6.07) is 3.36. The summed E-state index contributed by atoms with van der Waals surface area (Å²) >= 11 is 5.85. The minimum atomic E-state index is -3.91. The Kier molecular flexibility index (Phi) is 5.64. The van der Waals surface area contributed by atoms with Crippen molar-refractivity contribution in [3.8, 4) is 0 Å². The molecule has 0 heterocycles. The van der Waals surface area contributed by atoms with Crippen LogP contribution in [0.25, 0.3) is 0 Å². The topological polar surface area (TPSA) is 72.5 Å². The zero-order chi connectivity index (χ0) is 17.0. The molecule has 5 nitrogen and oxygen atoms in total. The van der Waals surface area contributed by atoms with Gasteiger partial charge in [0, 0.05) is 0 Å². The first kappa shape index (κ1) is 17.7. The summed E-state index contributed by atoms with van der Waals surface area (Å²) in [4.78, 5) is 12.0. The van der Waals surface area contributed by atoms with E-state index in [9.17, 15) is 17.6 Å². The van der Waals surface area contributed by atoms with Crippen LogP contribution >= 0.6 is 11.6 Å². The molecule has 1 aromatic rings. The molecule has 0 aromatic heterocycles. The van der Waals surface area contributed by atoms with Crippen molar-refractivity contribution in [2.45, 2.75) is 31.4 Å². The number of anilines is 1. The van der Waals surface area contributed by atoms with Gasteiger partial charge in [0.15, 0.2) is 0 Å². The highest BCUT2D eigenvalue weighted by Crippen LogP contribution is 2.30. The minimum Gasteiger partial charge on any atom is -0.463 e. The Morgan fingerprint density at radius 1 is 1.48 bits per heavy atom. The van der Waals surface area contributed by atoms with Crippen LogP contribution in [0.2, 0.25) is 5.02 Å². The first-order valence-electron chi connectivity index (χ1n) is 7.19. The highest BCUT2D eigenvalue weighted by Gasteiger charge is 2.35. The molecule has 126 valence electrons. The van der Waals surface area contributed by atoms with Crippen LogP contribution in [0.1, 0.15) is 26.2 Å². The zero-order valence-electron chi connectivity index (χ0n) is 12.5. The molecule has 1 aliphatic carbocycles. The molecule has 0 bridgehead atoms. The quantitative estimate of drug-likeness (QED) is 0.817. The van der Waals surface area contributed by atoms with E-state index in [0.717, 1.165) is 12.1 Å². The van der Waals surface area contributed by atoms with Gasteiger partial charge in [-0.2, -0.15) is 0 Å². The fourth-order valence-electron chi connectivity index (χ4n) is 2.40. The van der Waals surface area contributed by atoms with Crippen molar-refractivity contribution in [2.24, 2.45) is 0 Å². The molecule has 0 aliphatic heterocycles. The maximum Gasteiger partial charge on any atom is 0.335 e. The van der Waals surface area contributed by atoms with Crippen LogP contribution in [0.3, 0.4) is 0 Å². The first-order chi connectivity index (χ1) is 10.8. The summed E-state index contributed by atoms with van der Waals surface area (Å²) in [6.45, 7) is 1.82. The lowest BCUT2D eigenvalue weighted by Crippen LogP contribution is -2.34. The van der Waals surface area contributed by atoms with Crippen molar-refractivity contribution in [1.82, 2.24) is 0 Å². The largest absolute Gasteiger partial charge is 0.463 e. The van der Waals surface area contributed by atoms with Gasteiger partial charge in [-0.15, -0.1) is 0 Å². The smallest absolute Gasteiger partial charge is 0.335 e. The third-order valence-electron chi connectivity index (χ3n) is 3.45. The molecular formula is C15H17ClFNO4S. The van der Waals surface area contributed by atoms with E-state index < -0.39 is 27.1 Å². The summed E-state index contributed by atoms with van der Waals surface area (Å²) < 4.78 is 45.5. The fraction of sp³-hybridized carbons (Fsp3) is 0.400. The number of ether oxygens (including phenoxy) is 1. The van der Waals surface area contributed by atoms with Gasteiger partial charge in [-0.3, -0.25) is 4.72 Å². The Labute approximate surface area is 139 Å². The molecule has 1 aromatic carbocycles. The van der Waals surface area contributed by atoms with E-state index in [1.54, 1.807) is 13.0 Å². The number of benzene rings is 1. The van der Waals surface area contributed by atoms with Gasteiger partial charge in [0.2, 0.25) is 10.0 Å². The summed E-state index contributed by atoms with van der Waals surface area (Å²) in [5, 5.41) is -1.07. The molecule has 0 saturated carbocycles. The Morgan fingerprint density at radius 2 is 2.22 bits per heavy atom. The standard InChI is InChI=1S/C15H17ClFNO4S/c1-2-22-15(19)11-5-3-4-6-14(11)23(20,21)18-13-8-7-10(17)9-12(13)16/h5,7-9,14,18H,2-4,6H2,1H3/t14-/m1/s1. The second-order valence-corrected chi connectivity index (χ2v) is 7.34. The second kappa shape index (κ2) is 7.31. The molecule has 8 heteroatoms. The highest BCUT2D eigenvalue weighted by molar-refractivity contribution is 7.93. The summed E-state index contributed by atoms with van der Waals surface area (Å²) in [5.41, 5.74) is 0.200. The number of sulfonamides is 1. The lowest BCUT2D eigenvalue weighted by molar-refractivity contribution is -0.138. The van der Waals surface area contributed by atoms with Gasteiger partial charge in [0.25, 0.3) is 0 Å². The molecule has 0 saturated heterocycles. The summed E-state index contributed by atoms with van der Waals surface area (Å²) in [5.74, 6) is -1.20. The molecule has 2 rings (SSSR count). The minimum absolute atomic E-state index is 0.0500. The monoisotopic (exact) mass is 361 g/mol. The van der Waals surface area contributed by atoms with Crippen LogP contribution in [-0.2, 0) is 19.6 Å². The molecule has 1 atom stereocenters. The predicted molar refractivity (Wildman–Crippen MR) is 86.3 cm³/mol. The third-order valence-corrected chi connectivity index (χ3v) is 5.51. The van der Waals surface area contributed by atoms with Gasteiger partial charge < -0.3 is 4.74 Å². The van der Waals surface area contributed by atoms with Crippen LogP contribution in [0.15, 0.2) is 29.8 Å². The first-order valence-corrected chi connectivity index (χ1v) is 9.11. The maximum atomic E-state index is 13.1. The van der Waals surface area contributed by atoms with Crippen molar-refractivity contribution < 1.29 is 22.3 Å². The van der Waals surface area contributed by atoms with Crippen LogP contribution in [-0.4, -0.2) is 26.2 Å².